The van der Waals surface area contributed by atoms with Gasteiger partial charge in [0.25, 0.3) is 0 Å². The summed E-state index contributed by atoms with van der Waals surface area (Å²) in [4.78, 5) is 8.13. The molecule has 2 nitrogen and oxygen atoms in total. The van der Waals surface area contributed by atoms with Crippen molar-refractivity contribution in [2.75, 3.05) is 0 Å². The highest BCUT2D eigenvalue weighted by Gasteiger charge is 1.79. The largest absolute Gasteiger partial charge is 0.662 e. The van der Waals surface area contributed by atoms with E-state index in [0.29, 0.717) is 0 Å². The normalized spacial score (nSPS) is 10.2. The third-order valence-corrected chi connectivity index (χ3v) is 1.26. The predicted octanol–water partition coefficient (Wildman–Crippen LogP) is 1.19. The second-order valence-corrected chi connectivity index (χ2v) is 1.85. The fourth-order valence-corrected chi connectivity index (χ4v) is 0.835. The van der Waals surface area contributed by atoms with E-state index >= 15 is 0 Å². The molecule has 2 aromatic heterocycles. The number of aromatic nitrogens is 2. The van der Waals surface area contributed by atoms with Crippen molar-refractivity contribution in [1.29, 1.82) is 0 Å². The first kappa shape index (κ1) is 4.56. The van der Waals surface area contributed by atoms with Gasteiger partial charge in [0.2, 0.25) is 0 Å². The van der Waals surface area contributed by atoms with Gasteiger partial charge in [-0.25, -0.2) is 0 Å². The lowest BCUT2D eigenvalue weighted by Crippen LogP contribution is -1.70. The van der Waals surface area contributed by atoms with Gasteiger partial charge in [0.1, 0.15) is 0 Å². The maximum absolute atomic E-state index is 4.08. The average Bonchev–Trinajstić information content (AvgIpc) is 2.33. The van der Waals surface area contributed by atoms with Crippen LogP contribution in [-0.2, 0) is 0 Å². The van der Waals surface area contributed by atoms with Gasteiger partial charge in [-0.1, -0.05) is 12.1 Å². The van der Waals surface area contributed by atoms with Crippen molar-refractivity contribution in [2.24, 2.45) is 0 Å². The maximum atomic E-state index is 4.08. The molecule has 2 heterocycles. The Morgan fingerprint density at radius 2 is 2.33 bits per heavy atom. The van der Waals surface area contributed by atoms with E-state index in [4.69, 9.17) is 0 Å². The van der Waals surface area contributed by atoms with Gasteiger partial charge in [0.05, 0.1) is 0 Å². The summed E-state index contributed by atoms with van der Waals surface area (Å²) in [5.41, 5.74) is 1.94. The van der Waals surface area contributed by atoms with Gasteiger partial charge in [0.15, 0.2) is 0 Å². The summed E-state index contributed by atoms with van der Waals surface area (Å²) in [7, 11) is 0. The summed E-state index contributed by atoms with van der Waals surface area (Å²) in [5.74, 6) is 0. The van der Waals surface area contributed by atoms with Crippen LogP contribution in [0.3, 0.4) is 0 Å². The molecule has 0 aliphatic rings. The first-order valence-electron chi connectivity index (χ1n) is 2.79. The van der Waals surface area contributed by atoms with Crippen LogP contribution < -0.4 is 4.98 Å². The second-order valence-electron chi connectivity index (χ2n) is 1.85. The van der Waals surface area contributed by atoms with Crippen LogP contribution in [0.1, 0.15) is 0 Å². The van der Waals surface area contributed by atoms with Crippen molar-refractivity contribution in [3.8, 4) is 0 Å². The van der Waals surface area contributed by atoms with E-state index in [1.807, 2.05) is 18.2 Å². The minimum atomic E-state index is 0.970. The summed E-state index contributed by atoms with van der Waals surface area (Å²) in [6, 6.07) is 5.73. The van der Waals surface area contributed by atoms with Gasteiger partial charge in [-0.3, -0.25) is 4.98 Å². The lowest BCUT2D eigenvalue weighted by atomic mass is 10.4. The molecule has 44 valence electrons. The second kappa shape index (κ2) is 1.58. The molecule has 0 atom stereocenters. The Balaban J connectivity index is 2.95. The van der Waals surface area contributed by atoms with E-state index in [-0.39, 0.29) is 0 Å². The van der Waals surface area contributed by atoms with Crippen molar-refractivity contribution >= 4 is 11.0 Å². The minimum absolute atomic E-state index is 0.970. The topological polar surface area (TPSA) is 27.0 Å². The van der Waals surface area contributed by atoms with Crippen LogP contribution >= 0.6 is 0 Å². The van der Waals surface area contributed by atoms with Gasteiger partial charge < -0.3 is 4.98 Å². The Labute approximate surface area is 52.5 Å². The quantitative estimate of drug-likeness (QED) is 0.518. The zero-order valence-corrected chi connectivity index (χ0v) is 4.78. The highest BCUT2D eigenvalue weighted by Crippen LogP contribution is 2.04. The molecule has 9 heavy (non-hydrogen) atoms. The fourth-order valence-electron chi connectivity index (χ4n) is 0.835. The zero-order chi connectivity index (χ0) is 6.10. The van der Waals surface area contributed by atoms with Crippen molar-refractivity contribution in [3.05, 3.63) is 30.6 Å². The van der Waals surface area contributed by atoms with Crippen LogP contribution in [0.4, 0.5) is 0 Å². The van der Waals surface area contributed by atoms with Gasteiger partial charge >= 0.3 is 0 Å². The van der Waals surface area contributed by atoms with Gasteiger partial charge in [-0.2, -0.15) is 6.20 Å². The number of hydrogen-bond donors (Lipinski definition) is 0. The number of hydrogen-bond acceptors (Lipinski definition) is 1. The predicted molar refractivity (Wildman–Crippen MR) is 35.1 cm³/mol. The number of nitrogens with zero attached hydrogens (tertiary/aromatic N) is 2. The van der Waals surface area contributed by atoms with Gasteiger partial charge in [-0.05, 0) is 6.07 Å². The molecular weight excluding hydrogens is 112 g/mol. The number of pyridine rings is 1. The Hall–Kier alpha value is -1.31. The molecular formula is C7H5N2-. The molecule has 0 aliphatic heterocycles. The van der Waals surface area contributed by atoms with Crippen LogP contribution in [-0.4, -0.2) is 4.98 Å². The molecule has 0 amide bonds. The summed E-state index contributed by atoms with van der Waals surface area (Å²) >= 11 is 0. The first-order valence-corrected chi connectivity index (χ1v) is 2.79. The van der Waals surface area contributed by atoms with Crippen LogP contribution in [0, 0.1) is 0 Å². The van der Waals surface area contributed by atoms with Crippen molar-refractivity contribution in [1.82, 2.24) is 9.97 Å². The highest BCUT2D eigenvalue weighted by atomic mass is 14.7. The third kappa shape index (κ3) is 0.598. The average molecular weight is 117 g/mol. The lowest BCUT2D eigenvalue weighted by molar-refractivity contribution is 1.39. The third-order valence-electron chi connectivity index (χ3n) is 1.26. The molecule has 0 saturated heterocycles. The Bertz CT molecular complexity index is 281. The van der Waals surface area contributed by atoms with Crippen molar-refractivity contribution < 1.29 is 0 Å². The molecule has 0 unspecified atom stereocenters. The molecule has 2 aromatic rings. The van der Waals surface area contributed by atoms with Crippen molar-refractivity contribution in [2.45, 2.75) is 0 Å². The molecule has 0 spiro atoms. The molecule has 0 radical (unpaired) electrons. The molecule has 0 N–H and O–H groups in total. The van der Waals surface area contributed by atoms with E-state index in [9.17, 15) is 0 Å². The van der Waals surface area contributed by atoms with E-state index in [1.165, 1.54) is 0 Å². The van der Waals surface area contributed by atoms with Gasteiger partial charge in [-0.15, -0.1) is 5.52 Å². The van der Waals surface area contributed by atoms with Crippen LogP contribution in [0.5, 0.6) is 0 Å². The van der Waals surface area contributed by atoms with Crippen LogP contribution in [0.2, 0.25) is 0 Å². The van der Waals surface area contributed by atoms with E-state index in [0.717, 1.165) is 11.0 Å². The Morgan fingerprint density at radius 1 is 1.33 bits per heavy atom. The van der Waals surface area contributed by atoms with Gasteiger partial charge in [0, 0.05) is 11.7 Å². The summed E-state index contributed by atoms with van der Waals surface area (Å²) in [5, 5.41) is 0. The number of rotatable bonds is 0. The molecule has 0 fully saturated rings. The maximum Gasteiger partial charge on any atom is 0.0465 e. The van der Waals surface area contributed by atoms with Crippen molar-refractivity contribution in [3.63, 3.8) is 0 Å². The first-order chi connectivity index (χ1) is 4.47. The molecule has 0 aliphatic carbocycles. The minimum Gasteiger partial charge on any atom is -0.662 e. The number of fused-ring (bicyclic) bond motifs is 1. The monoisotopic (exact) mass is 117 g/mol. The summed E-state index contributed by atoms with van der Waals surface area (Å²) in [6.07, 6.45) is 3.53. The van der Waals surface area contributed by atoms with E-state index in [2.05, 4.69) is 9.97 Å². The SMILES string of the molecule is c1cnc2cc[n-]c2c1. The smallest absolute Gasteiger partial charge is 0.0465 e. The molecule has 0 aromatic carbocycles. The fraction of sp³-hybridized carbons (Fsp3) is 0. The summed E-state index contributed by atoms with van der Waals surface area (Å²) in [6.45, 7) is 0. The molecule has 2 heteroatoms. The van der Waals surface area contributed by atoms with E-state index < -0.39 is 0 Å². The Kier molecular flexibility index (Phi) is 0.803. The zero-order valence-electron chi connectivity index (χ0n) is 4.78. The lowest BCUT2D eigenvalue weighted by Gasteiger charge is -1.92. The van der Waals surface area contributed by atoms with Crippen LogP contribution in [0.15, 0.2) is 30.6 Å². The summed E-state index contributed by atoms with van der Waals surface area (Å²) < 4.78 is 0. The van der Waals surface area contributed by atoms with Crippen LogP contribution in [0.25, 0.3) is 11.0 Å². The Morgan fingerprint density at radius 3 is 3.22 bits per heavy atom. The van der Waals surface area contributed by atoms with E-state index in [1.54, 1.807) is 12.4 Å². The molecule has 0 bridgehead atoms. The molecule has 2 rings (SSSR count). The molecule has 0 saturated carbocycles. The standard InChI is InChI=1S/C7H5N2/c1-2-6-7(8-4-1)3-5-9-6/h1-5H/q-1. The highest BCUT2D eigenvalue weighted by molar-refractivity contribution is 5.73.